The second-order valence-electron chi connectivity index (χ2n) is 18.0. The predicted octanol–water partition coefficient (Wildman–Crippen LogP) is 15.6. The molecule has 0 fully saturated rings. The van der Waals surface area contributed by atoms with E-state index in [9.17, 15) is 0 Å². The Hall–Kier alpha value is -9.59. The molecule has 0 saturated carbocycles. The Labute approximate surface area is 401 Å². The monoisotopic (exact) mass is 893 g/mol. The molecule has 326 valence electrons. The largest absolute Gasteiger partial charge is 0.307 e. The summed E-state index contributed by atoms with van der Waals surface area (Å²) in [6.45, 7) is 0. The van der Waals surface area contributed by atoms with Crippen LogP contribution < -0.4 is 0 Å². The fourth-order valence-electron chi connectivity index (χ4n) is 11.3. The van der Waals surface area contributed by atoms with Crippen molar-refractivity contribution in [3.63, 3.8) is 0 Å². The first kappa shape index (κ1) is 38.5. The van der Waals surface area contributed by atoms with E-state index in [4.69, 9.17) is 15.0 Å². The van der Waals surface area contributed by atoms with Crippen molar-refractivity contribution >= 4 is 87.2 Å². The van der Waals surface area contributed by atoms with E-state index in [2.05, 4.69) is 255 Å². The Balaban J connectivity index is 0.973. The third kappa shape index (κ3) is 5.54. The molecule has 5 heterocycles. The topological polar surface area (TPSA) is 58.4 Å². The van der Waals surface area contributed by atoms with E-state index in [-0.39, 0.29) is 0 Å². The van der Waals surface area contributed by atoms with Gasteiger partial charge in [0.1, 0.15) is 0 Å². The summed E-state index contributed by atoms with van der Waals surface area (Å²) in [6.07, 6.45) is 0. The molecule has 15 aromatic rings. The van der Waals surface area contributed by atoms with Crippen LogP contribution in [0.15, 0.2) is 237 Å². The van der Waals surface area contributed by atoms with Gasteiger partial charge >= 0.3 is 0 Å². The van der Waals surface area contributed by atoms with Crippen molar-refractivity contribution in [2.45, 2.75) is 0 Å². The first-order valence-electron chi connectivity index (χ1n) is 23.7. The van der Waals surface area contributed by atoms with Gasteiger partial charge in [-0.05, 0) is 66.2 Å². The van der Waals surface area contributed by atoms with Crippen LogP contribution in [-0.2, 0) is 0 Å². The molecule has 0 amide bonds. The normalized spacial score (nSPS) is 12.0. The van der Waals surface area contributed by atoms with Gasteiger partial charge in [-0.15, -0.1) is 0 Å². The average molecular weight is 894 g/mol. The summed E-state index contributed by atoms with van der Waals surface area (Å²) in [7, 11) is 0. The zero-order valence-electron chi connectivity index (χ0n) is 37.6. The van der Waals surface area contributed by atoms with Gasteiger partial charge in [-0.1, -0.05) is 176 Å². The molecule has 0 N–H and O–H groups in total. The summed E-state index contributed by atoms with van der Waals surface area (Å²) in [4.78, 5) is 16.2. The van der Waals surface area contributed by atoms with Crippen LogP contribution in [0.3, 0.4) is 0 Å². The average Bonchev–Trinajstić information content (AvgIpc) is 4.16. The van der Waals surface area contributed by atoms with Crippen LogP contribution in [0, 0.1) is 0 Å². The fraction of sp³-hybridized carbons (Fsp3) is 0. The first-order chi connectivity index (χ1) is 34.8. The Morgan fingerprint density at radius 3 is 1.07 bits per heavy atom. The summed E-state index contributed by atoms with van der Waals surface area (Å²) < 4.78 is 9.28. The lowest BCUT2D eigenvalue weighted by Gasteiger charge is -2.17. The lowest BCUT2D eigenvalue weighted by atomic mass is 10.0. The van der Waals surface area contributed by atoms with Crippen LogP contribution in [0.4, 0.5) is 0 Å². The molecule has 70 heavy (non-hydrogen) atoms. The van der Waals surface area contributed by atoms with Gasteiger partial charge in [-0.3, -0.25) is 9.13 Å². The van der Waals surface area contributed by atoms with Gasteiger partial charge in [0.05, 0.1) is 55.5 Å². The number of nitrogens with zero attached hydrogens (tertiary/aromatic N) is 7. The van der Waals surface area contributed by atoms with Gasteiger partial charge in [0.25, 0.3) is 0 Å². The highest BCUT2D eigenvalue weighted by Gasteiger charge is 2.24. The number of hydrogen-bond acceptors (Lipinski definition) is 3. The van der Waals surface area contributed by atoms with Crippen molar-refractivity contribution in [3.8, 4) is 45.8 Å². The molecule has 7 nitrogen and oxygen atoms in total. The number of hydrogen-bond donors (Lipinski definition) is 0. The molecule has 15 rings (SSSR count). The van der Waals surface area contributed by atoms with E-state index in [1.807, 2.05) is 0 Å². The molecule has 0 unspecified atom stereocenters. The summed E-state index contributed by atoms with van der Waals surface area (Å²) in [5, 5.41) is 9.42. The second kappa shape index (κ2) is 15.0. The molecule has 0 aliphatic heterocycles. The van der Waals surface area contributed by atoms with Gasteiger partial charge in [-0.25, -0.2) is 0 Å². The third-order valence-electron chi connectivity index (χ3n) is 14.2. The highest BCUT2D eigenvalue weighted by atomic mass is 15.3. The number of rotatable bonds is 6. The maximum atomic E-state index is 5.41. The van der Waals surface area contributed by atoms with E-state index < -0.39 is 0 Å². The van der Waals surface area contributed by atoms with Crippen LogP contribution in [-0.4, -0.2) is 33.2 Å². The summed E-state index contributed by atoms with van der Waals surface area (Å²) in [5.41, 5.74) is 14.0. The SMILES string of the molecule is c1cc(-c2nc(-n3c4ccccc4c4ccccc43)nc(-n3c4ccccc4c4ccccc43)n2)cc(-c2ccccc2-n2c3ccccc3c3cccc(-n4c5ccccc5c5ccccc54)c32)c1. The first-order valence-corrected chi connectivity index (χ1v) is 23.7. The van der Waals surface area contributed by atoms with Gasteiger partial charge in [0.15, 0.2) is 5.82 Å². The van der Waals surface area contributed by atoms with Crippen molar-refractivity contribution in [1.82, 2.24) is 33.2 Å². The number of para-hydroxylation sites is 9. The molecule has 0 radical (unpaired) electrons. The minimum absolute atomic E-state index is 0.549. The van der Waals surface area contributed by atoms with Crippen LogP contribution in [0.1, 0.15) is 0 Å². The smallest absolute Gasteiger partial charge is 0.240 e. The molecular formula is C63H39N7. The Bertz CT molecular complexity index is 4330. The molecule has 0 atom stereocenters. The highest BCUT2D eigenvalue weighted by molar-refractivity contribution is 6.16. The van der Waals surface area contributed by atoms with E-state index >= 15 is 0 Å². The van der Waals surface area contributed by atoms with Crippen molar-refractivity contribution in [1.29, 1.82) is 0 Å². The second-order valence-corrected chi connectivity index (χ2v) is 18.0. The fourth-order valence-corrected chi connectivity index (χ4v) is 11.3. The highest BCUT2D eigenvalue weighted by Crippen LogP contribution is 2.42. The van der Waals surface area contributed by atoms with Gasteiger partial charge in [-0.2, -0.15) is 15.0 Å². The van der Waals surface area contributed by atoms with E-state index in [0.717, 1.165) is 82.7 Å². The quantitative estimate of drug-likeness (QED) is 0.167. The molecule has 5 aromatic heterocycles. The van der Waals surface area contributed by atoms with E-state index in [0.29, 0.717) is 17.7 Å². The minimum atomic E-state index is 0.549. The molecule has 7 heteroatoms. The van der Waals surface area contributed by atoms with E-state index in [1.165, 1.54) is 32.6 Å². The molecule has 0 aliphatic carbocycles. The lowest BCUT2D eigenvalue weighted by Crippen LogP contribution is -2.10. The van der Waals surface area contributed by atoms with Gasteiger partial charge in [0, 0.05) is 54.2 Å². The minimum Gasteiger partial charge on any atom is -0.307 e. The Kier molecular flexibility index (Phi) is 8.23. The number of aromatic nitrogens is 7. The zero-order valence-corrected chi connectivity index (χ0v) is 37.6. The Morgan fingerprint density at radius 1 is 0.243 bits per heavy atom. The standard InChI is InChI=1S/C63H39N7/c1-9-30-51(68-54-33-12-8-28-49(54)50-29-18-38-59(60(50)68)67-52-31-10-2-22-43(52)44-23-3-11-32-53(44)67)42(21-1)40-19-17-20-41(39-40)61-64-62(69-55-34-13-4-24-45(55)46-25-5-14-35-56(46)69)66-63(65-61)70-57-36-15-6-26-47(57)48-27-7-16-37-58(48)70/h1-39H. The third-order valence-corrected chi connectivity index (χ3v) is 14.2. The van der Waals surface area contributed by atoms with Crippen LogP contribution >= 0.6 is 0 Å². The molecule has 0 aliphatic rings. The Morgan fingerprint density at radius 2 is 0.586 bits per heavy atom. The molecule has 0 bridgehead atoms. The molecule has 10 aromatic carbocycles. The summed E-state index contributed by atoms with van der Waals surface area (Å²) in [5.74, 6) is 1.68. The number of benzene rings is 10. The van der Waals surface area contributed by atoms with Crippen LogP contribution in [0.2, 0.25) is 0 Å². The molecular weight excluding hydrogens is 855 g/mol. The van der Waals surface area contributed by atoms with Crippen molar-refractivity contribution in [2.24, 2.45) is 0 Å². The number of fused-ring (bicyclic) bond motifs is 12. The maximum absolute atomic E-state index is 5.41. The van der Waals surface area contributed by atoms with E-state index in [1.54, 1.807) is 0 Å². The van der Waals surface area contributed by atoms with Crippen molar-refractivity contribution in [3.05, 3.63) is 237 Å². The van der Waals surface area contributed by atoms with Crippen molar-refractivity contribution in [2.75, 3.05) is 0 Å². The zero-order chi connectivity index (χ0) is 45.9. The predicted molar refractivity (Wildman–Crippen MR) is 288 cm³/mol. The van der Waals surface area contributed by atoms with Crippen LogP contribution in [0.5, 0.6) is 0 Å². The molecule has 0 saturated heterocycles. The van der Waals surface area contributed by atoms with Gasteiger partial charge < -0.3 is 9.13 Å². The van der Waals surface area contributed by atoms with Crippen LogP contribution in [0.25, 0.3) is 133 Å². The van der Waals surface area contributed by atoms with Crippen molar-refractivity contribution < 1.29 is 0 Å². The lowest BCUT2D eigenvalue weighted by molar-refractivity contribution is 0.893. The van der Waals surface area contributed by atoms with Gasteiger partial charge in [0.2, 0.25) is 11.9 Å². The summed E-state index contributed by atoms with van der Waals surface area (Å²) in [6, 6.07) is 84.4. The maximum Gasteiger partial charge on any atom is 0.240 e. The summed E-state index contributed by atoms with van der Waals surface area (Å²) >= 11 is 0. The molecule has 0 spiro atoms.